The van der Waals surface area contributed by atoms with E-state index >= 15 is 0 Å². The molecule has 0 unspecified atom stereocenters. The molecule has 1 rings (SSSR count). The van der Waals surface area contributed by atoms with E-state index in [-0.39, 0.29) is 0 Å². The fourth-order valence-electron chi connectivity index (χ4n) is 1.18. The molecule has 0 radical (unpaired) electrons. The van der Waals surface area contributed by atoms with Gasteiger partial charge in [-0.3, -0.25) is 0 Å². The Kier molecular flexibility index (Phi) is 5.60. The van der Waals surface area contributed by atoms with Crippen molar-refractivity contribution >= 4 is 40.1 Å². The maximum Gasteiger partial charge on any atom is 0.224 e. The van der Waals surface area contributed by atoms with Crippen molar-refractivity contribution in [1.29, 1.82) is 0 Å². The minimum absolute atomic E-state index is 0.529. The van der Waals surface area contributed by atoms with E-state index in [2.05, 4.69) is 44.8 Å². The Balaban J connectivity index is 2.55. The number of halogens is 2. The van der Waals surface area contributed by atoms with Gasteiger partial charge in [-0.25, -0.2) is 4.98 Å². The highest BCUT2D eigenvalue weighted by Gasteiger charge is 2.06. The first-order valence-corrected chi connectivity index (χ1v) is 6.54. The smallest absolute Gasteiger partial charge is 0.224 e. The summed E-state index contributed by atoms with van der Waals surface area (Å²) in [5, 5.41) is 3.71. The van der Waals surface area contributed by atoms with Crippen LogP contribution in [0.5, 0.6) is 0 Å². The Labute approximate surface area is 109 Å². The minimum atomic E-state index is 0.529. The van der Waals surface area contributed by atoms with Gasteiger partial charge >= 0.3 is 0 Å². The molecule has 15 heavy (non-hydrogen) atoms. The molecule has 0 saturated heterocycles. The van der Waals surface area contributed by atoms with E-state index in [0.29, 0.717) is 11.1 Å². The molecule has 1 aromatic heterocycles. The molecule has 3 nitrogen and oxygen atoms in total. The highest BCUT2D eigenvalue weighted by Crippen LogP contribution is 2.19. The van der Waals surface area contributed by atoms with Crippen molar-refractivity contribution in [2.45, 2.75) is 33.1 Å². The average molecular weight is 340 g/mol. The topological polar surface area (TPSA) is 37.8 Å². The van der Waals surface area contributed by atoms with Crippen LogP contribution in [0.3, 0.4) is 0 Å². The van der Waals surface area contributed by atoms with Crippen molar-refractivity contribution in [2.24, 2.45) is 0 Å². The van der Waals surface area contributed by atoms with Gasteiger partial charge in [0.05, 0.1) is 9.26 Å². The van der Waals surface area contributed by atoms with Crippen molar-refractivity contribution in [3.8, 4) is 0 Å². The van der Waals surface area contributed by atoms with E-state index in [1.54, 1.807) is 0 Å². The summed E-state index contributed by atoms with van der Waals surface area (Å²) in [5.41, 5.74) is 0.925. The molecular weight excluding hydrogens is 324 g/mol. The van der Waals surface area contributed by atoms with Gasteiger partial charge in [0.15, 0.2) is 0 Å². The minimum Gasteiger partial charge on any atom is -0.354 e. The van der Waals surface area contributed by atoms with Crippen LogP contribution < -0.4 is 5.32 Å². The standard InChI is InChI=1S/C10H15ClIN3/c1-3-4-5-6-13-10-14-7(2)8(12)9(11)15-10/h3-6H2,1-2H3,(H,13,14,15). The van der Waals surface area contributed by atoms with E-state index < -0.39 is 0 Å². The fourth-order valence-corrected chi connectivity index (χ4v) is 1.64. The van der Waals surface area contributed by atoms with E-state index in [9.17, 15) is 0 Å². The summed E-state index contributed by atoms with van der Waals surface area (Å²) in [6.07, 6.45) is 3.58. The second kappa shape index (κ2) is 6.48. The molecule has 0 spiro atoms. The Morgan fingerprint density at radius 2 is 2.07 bits per heavy atom. The summed E-state index contributed by atoms with van der Waals surface area (Å²) < 4.78 is 0.924. The van der Waals surface area contributed by atoms with Crippen LogP contribution in [0.1, 0.15) is 31.9 Å². The molecule has 1 aromatic rings. The first-order valence-electron chi connectivity index (χ1n) is 5.08. The molecule has 0 atom stereocenters. The van der Waals surface area contributed by atoms with Crippen LogP contribution >= 0.6 is 34.2 Å². The molecule has 0 aliphatic heterocycles. The zero-order chi connectivity index (χ0) is 11.3. The van der Waals surface area contributed by atoms with Crippen LogP contribution in [0.4, 0.5) is 5.95 Å². The van der Waals surface area contributed by atoms with Gasteiger partial charge in [-0.15, -0.1) is 0 Å². The zero-order valence-electron chi connectivity index (χ0n) is 8.98. The van der Waals surface area contributed by atoms with Crippen LogP contribution in [0.15, 0.2) is 0 Å². The molecule has 0 amide bonds. The molecule has 0 aliphatic rings. The number of unbranched alkanes of at least 4 members (excludes halogenated alkanes) is 2. The van der Waals surface area contributed by atoms with Gasteiger partial charge in [0, 0.05) is 6.54 Å². The van der Waals surface area contributed by atoms with Crippen molar-refractivity contribution in [2.75, 3.05) is 11.9 Å². The molecule has 1 heterocycles. The highest BCUT2D eigenvalue weighted by molar-refractivity contribution is 14.1. The quantitative estimate of drug-likeness (QED) is 0.505. The summed E-state index contributed by atoms with van der Waals surface area (Å²) in [7, 11) is 0. The van der Waals surface area contributed by atoms with Gasteiger partial charge in [0.1, 0.15) is 5.15 Å². The van der Waals surface area contributed by atoms with E-state index in [1.807, 2.05) is 6.92 Å². The SMILES string of the molecule is CCCCCNc1nc(C)c(I)c(Cl)n1. The second-order valence-electron chi connectivity index (χ2n) is 3.37. The zero-order valence-corrected chi connectivity index (χ0v) is 11.9. The van der Waals surface area contributed by atoms with Crippen LogP contribution in [0.25, 0.3) is 0 Å². The molecule has 0 aliphatic carbocycles. The molecule has 0 saturated carbocycles. The lowest BCUT2D eigenvalue weighted by Crippen LogP contribution is -2.07. The van der Waals surface area contributed by atoms with Crippen LogP contribution in [-0.2, 0) is 0 Å². The van der Waals surface area contributed by atoms with Gasteiger partial charge in [-0.2, -0.15) is 4.98 Å². The number of aryl methyl sites for hydroxylation is 1. The maximum atomic E-state index is 5.96. The first kappa shape index (κ1) is 13.0. The van der Waals surface area contributed by atoms with E-state index in [0.717, 1.165) is 22.2 Å². The average Bonchev–Trinajstić information content (AvgIpc) is 2.21. The maximum absolute atomic E-state index is 5.96. The van der Waals surface area contributed by atoms with E-state index in [4.69, 9.17) is 11.6 Å². The lowest BCUT2D eigenvalue weighted by atomic mass is 10.2. The molecule has 0 fully saturated rings. The molecule has 5 heteroatoms. The third-order valence-corrected chi connectivity index (χ3v) is 3.92. The van der Waals surface area contributed by atoms with Gasteiger partial charge in [-0.1, -0.05) is 31.4 Å². The van der Waals surface area contributed by atoms with Crippen molar-refractivity contribution in [3.05, 3.63) is 14.4 Å². The van der Waals surface area contributed by atoms with Crippen LogP contribution in [0.2, 0.25) is 5.15 Å². The third-order valence-electron chi connectivity index (χ3n) is 2.04. The number of hydrogen-bond donors (Lipinski definition) is 1. The Hall–Kier alpha value is -0.100. The number of nitrogens with zero attached hydrogens (tertiary/aromatic N) is 2. The molecule has 0 aromatic carbocycles. The number of rotatable bonds is 5. The third kappa shape index (κ3) is 4.10. The second-order valence-corrected chi connectivity index (χ2v) is 4.81. The summed E-state index contributed by atoms with van der Waals surface area (Å²) in [4.78, 5) is 8.48. The number of hydrogen-bond acceptors (Lipinski definition) is 3. The van der Waals surface area contributed by atoms with E-state index in [1.165, 1.54) is 12.8 Å². The Morgan fingerprint density at radius 3 is 2.67 bits per heavy atom. The molecule has 1 N–H and O–H groups in total. The van der Waals surface area contributed by atoms with Crippen molar-refractivity contribution in [1.82, 2.24) is 9.97 Å². The molecule has 0 bridgehead atoms. The summed E-state index contributed by atoms with van der Waals surface area (Å²) in [6, 6.07) is 0. The summed E-state index contributed by atoms with van der Waals surface area (Å²) in [6.45, 7) is 5.03. The fraction of sp³-hybridized carbons (Fsp3) is 0.600. The Morgan fingerprint density at radius 1 is 1.33 bits per heavy atom. The van der Waals surface area contributed by atoms with Gasteiger partial charge < -0.3 is 5.32 Å². The van der Waals surface area contributed by atoms with Crippen LogP contribution in [-0.4, -0.2) is 16.5 Å². The molecule has 84 valence electrons. The normalized spacial score (nSPS) is 10.4. The summed E-state index contributed by atoms with van der Waals surface area (Å²) in [5.74, 6) is 0.633. The number of nitrogens with one attached hydrogen (secondary N) is 1. The van der Waals surface area contributed by atoms with Gasteiger partial charge in [-0.05, 0) is 35.9 Å². The van der Waals surface area contributed by atoms with Gasteiger partial charge in [0.25, 0.3) is 0 Å². The number of aromatic nitrogens is 2. The first-order chi connectivity index (χ1) is 7.15. The monoisotopic (exact) mass is 339 g/mol. The van der Waals surface area contributed by atoms with Crippen molar-refractivity contribution < 1.29 is 0 Å². The predicted molar refractivity (Wildman–Crippen MR) is 72.5 cm³/mol. The Bertz CT molecular complexity index is 307. The lowest BCUT2D eigenvalue weighted by molar-refractivity contribution is 0.740. The highest BCUT2D eigenvalue weighted by atomic mass is 127. The van der Waals surface area contributed by atoms with Crippen molar-refractivity contribution in [3.63, 3.8) is 0 Å². The summed E-state index contributed by atoms with van der Waals surface area (Å²) >= 11 is 8.11. The van der Waals surface area contributed by atoms with Gasteiger partial charge in [0.2, 0.25) is 5.95 Å². The molecular formula is C10H15ClIN3. The lowest BCUT2D eigenvalue weighted by Gasteiger charge is -2.06. The largest absolute Gasteiger partial charge is 0.354 e. The van der Waals surface area contributed by atoms with Crippen LogP contribution in [0, 0.1) is 10.5 Å². The predicted octanol–water partition coefficient (Wildman–Crippen LogP) is 3.65. The number of anilines is 1.